The molecule has 0 bridgehead atoms. The fourth-order valence-electron chi connectivity index (χ4n) is 1.71. The van der Waals surface area contributed by atoms with E-state index in [9.17, 15) is 9.50 Å². The van der Waals surface area contributed by atoms with Crippen LogP contribution in [0.15, 0.2) is 30.9 Å². The summed E-state index contributed by atoms with van der Waals surface area (Å²) in [5, 5.41) is 9.89. The normalized spacial score (nSPS) is 12.6. The molecule has 0 saturated heterocycles. The topological polar surface area (TPSA) is 50.9 Å². The molecular formula is C12H14FN3O. The lowest BCUT2D eigenvalue weighted by Crippen LogP contribution is -2.05. The Kier molecular flexibility index (Phi) is 3.49. The van der Waals surface area contributed by atoms with Gasteiger partial charge in [-0.25, -0.2) is 9.37 Å². The Morgan fingerprint density at radius 2 is 2.29 bits per heavy atom. The molecule has 1 N–H and O–H groups in total. The largest absolute Gasteiger partial charge is 0.388 e. The maximum absolute atomic E-state index is 13.3. The number of hydrogen-bond acceptors (Lipinski definition) is 3. The van der Waals surface area contributed by atoms with Crippen molar-refractivity contribution in [3.63, 3.8) is 0 Å². The summed E-state index contributed by atoms with van der Waals surface area (Å²) in [4.78, 5) is 7.80. The molecule has 0 aromatic carbocycles. The second-order valence-electron chi connectivity index (χ2n) is 3.91. The summed E-state index contributed by atoms with van der Waals surface area (Å²) in [5.41, 5.74) is 0.286. The molecule has 0 aliphatic rings. The van der Waals surface area contributed by atoms with Crippen LogP contribution in [0.25, 0.3) is 0 Å². The predicted molar refractivity (Wildman–Crippen MR) is 60.7 cm³/mol. The maximum atomic E-state index is 13.3. The van der Waals surface area contributed by atoms with Crippen molar-refractivity contribution < 1.29 is 9.50 Å². The number of aromatic nitrogens is 3. The van der Waals surface area contributed by atoms with Gasteiger partial charge in [-0.3, -0.25) is 4.98 Å². The summed E-state index contributed by atoms with van der Waals surface area (Å²) in [5.74, 6) is 0.401. The van der Waals surface area contributed by atoms with E-state index in [-0.39, 0.29) is 5.56 Å². The van der Waals surface area contributed by atoms with Gasteiger partial charge in [0.2, 0.25) is 0 Å². The number of halogens is 1. The van der Waals surface area contributed by atoms with E-state index < -0.39 is 11.9 Å². The van der Waals surface area contributed by atoms with Gasteiger partial charge in [-0.2, -0.15) is 0 Å². The van der Waals surface area contributed by atoms with Gasteiger partial charge in [0.25, 0.3) is 0 Å². The van der Waals surface area contributed by atoms with Crippen LogP contribution in [0.1, 0.15) is 23.9 Å². The molecule has 5 heteroatoms. The molecule has 0 radical (unpaired) electrons. The Morgan fingerprint density at radius 1 is 1.47 bits per heavy atom. The Morgan fingerprint density at radius 3 is 2.94 bits per heavy atom. The average molecular weight is 235 g/mol. The fourth-order valence-corrected chi connectivity index (χ4v) is 1.71. The summed E-state index contributed by atoms with van der Waals surface area (Å²) in [6, 6.07) is 1.50. The molecular weight excluding hydrogens is 221 g/mol. The number of aliphatic hydroxyl groups is 1. The first-order chi connectivity index (χ1) is 8.18. The molecule has 1 atom stereocenters. The van der Waals surface area contributed by atoms with Crippen LogP contribution in [0.2, 0.25) is 0 Å². The third kappa shape index (κ3) is 2.68. The smallest absolute Gasteiger partial charge is 0.147 e. The van der Waals surface area contributed by atoms with Crippen molar-refractivity contribution in [1.29, 1.82) is 0 Å². The molecule has 4 nitrogen and oxygen atoms in total. The highest BCUT2D eigenvalue weighted by atomic mass is 19.1. The molecule has 0 amide bonds. The van der Waals surface area contributed by atoms with E-state index in [2.05, 4.69) is 9.97 Å². The number of nitrogens with zero attached hydrogens (tertiary/aromatic N) is 3. The molecule has 0 spiro atoms. The lowest BCUT2D eigenvalue weighted by Gasteiger charge is -2.11. The highest BCUT2D eigenvalue weighted by Gasteiger charge is 2.13. The second kappa shape index (κ2) is 5.05. The lowest BCUT2D eigenvalue weighted by molar-refractivity contribution is 0.162. The monoisotopic (exact) mass is 235 g/mol. The summed E-state index contributed by atoms with van der Waals surface area (Å²) < 4.78 is 15.2. The summed E-state index contributed by atoms with van der Waals surface area (Å²) >= 11 is 0. The van der Waals surface area contributed by atoms with Crippen molar-refractivity contribution in [2.24, 2.45) is 7.05 Å². The standard InChI is InChI=1S/C12H14FN3O/c1-16-7-6-15-12(16)3-2-11(17)9-4-5-14-8-10(9)13/h4-8,11,17H,2-3H2,1H3. The van der Waals surface area contributed by atoms with Gasteiger partial charge in [-0.15, -0.1) is 0 Å². The van der Waals surface area contributed by atoms with Crippen LogP contribution in [0.5, 0.6) is 0 Å². The fraction of sp³-hybridized carbons (Fsp3) is 0.333. The van der Waals surface area contributed by atoms with Crippen LogP contribution in [0.3, 0.4) is 0 Å². The second-order valence-corrected chi connectivity index (χ2v) is 3.91. The van der Waals surface area contributed by atoms with Crippen LogP contribution >= 0.6 is 0 Å². The van der Waals surface area contributed by atoms with Crippen LogP contribution < -0.4 is 0 Å². The van der Waals surface area contributed by atoms with Crippen molar-refractivity contribution in [2.45, 2.75) is 18.9 Å². The first kappa shape index (κ1) is 11.7. The minimum Gasteiger partial charge on any atom is -0.388 e. The van der Waals surface area contributed by atoms with E-state index in [0.717, 1.165) is 12.0 Å². The predicted octanol–water partition coefficient (Wildman–Crippen LogP) is 1.62. The van der Waals surface area contributed by atoms with Gasteiger partial charge in [-0.1, -0.05) is 0 Å². The highest BCUT2D eigenvalue weighted by Crippen LogP contribution is 2.20. The van der Waals surface area contributed by atoms with E-state index in [1.165, 1.54) is 12.3 Å². The molecule has 2 rings (SSSR count). The van der Waals surface area contributed by atoms with E-state index in [4.69, 9.17) is 0 Å². The Bertz CT molecular complexity index is 498. The molecule has 0 fully saturated rings. The zero-order valence-corrected chi connectivity index (χ0v) is 9.55. The van der Waals surface area contributed by atoms with Crippen molar-refractivity contribution in [2.75, 3.05) is 0 Å². The zero-order chi connectivity index (χ0) is 12.3. The first-order valence-corrected chi connectivity index (χ1v) is 5.42. The summed E-state index contributed by atoms with van der Waals surface area (Å²) in [6.07, 6.45) is 6.35. The summed E-state index contributed by atoms with van der Waals surface area (Å²) in [7, 11) is 1.89. The molecule has 2 aromatic rings. The highest BCUT2D eigenvalue weighted by molar-refractivity contribution is 5.15. The van der Waals surface area contributed by atoms with E-state index in [1.807, 2.05) is 17.8 Å². The van der Waals surface area contributed by atoms with Gasteiger partial charge < -0.3 is 9.67 Å². The van der Waals surface area contributed by atoms with E-state index in [0.29, 0.717) is 12.8 Å². The number of hydrogen-bond donors (Lipinski definition) is 1. The van der Waals surface area contributed by atoms with Gasteiger partial charge in [-0.05, 0) is 12.5 Å². The van der Waals surface area contributed by atoms with Gasteiger partial charge in [0.15, 0.2) is 0 Å². The van der Waals surface area contributed by atoms with Crippen molar-refractivity contribution in [1.82, 2.24) is 14.5 Å². The zero-order valence-electron chi connectivity index (χ0n) is 9.55. The van der Waals surface area contributed by atoms with Crippen LogP contribution in [0.4, 0.5) is 4.39 Å². The molecule has 2 heterocycles. The third-order valence-corrected chi connectivity index (χ3v) is 2.73. The molecule has 1 unspecified atom stereocenters. The first-order valence-electron chi connectivity index (χ1n) is 5.42. The van der Waals surface area contributed by atoms with Crippen LogP contribution in [-0.4, -0.2) is 19.6 Å². The number of imidazole rings is 1. The quantitative estimate of drug-likeness (QED) is 0.876. The Balaban J connectivity index is 2.01. The van der Waals surface area contributed by atoms with Crippen molar-refractivity contribution in [3.05, 3.63) is 48.1 Å². The van der Waals surface area contributed by atoms with E-state index >= 15 is 0 Å². The SMILES string of the molecule is Cn1ccnc1CCC(O)c1ccncc1F. The average Bonchev–Trinajstić information content (AvgIpc) is 2.72. The van der Waals surface area contributed by atoms with Gasteiger partial charge in [0.05, 0.1) is 12.3 Å². The maximum Gasteiger partial charge on any atom is 0.147 e. The number of aliphatic hydroxyl groups excluding tert-OH is 1. The number of aryl methyl sites for hydroxylation is 2. The third-order valence-electron chi connectivity index (χ3n) is 2.73. The van der Waals surface area contributed by atoms with Crippen molar-refractivity contribution in [3.8, 4) is 0 Å². The molecule has 0 aliphatic carbocycles. The molecule has 90 valence electrons. The van der Waals surface area contributed by atoms with Gasteiger partial charge in [0.1, 0.15) is 11.6 Å². The van der Waals surface area contributed by atoms with Gasteiger partial charge >= 0.3 is 0 Å². The Hall–Kier alpha value is -1.75. The van der Waals surface area contributed by atoms with E-state index in [1.54, 1.807) is 6.20 Å². The number of pyridine rings is 1. The van der Waals surface area contributed by atoms with Crippen LogP contribution in [0, 0.1) is 5.82 Å². The molecule has 0 saturated carbocycles. The molecule has 17 heavy (non-hydrogen) atoms. The molecule has 0 aliphatic heterocycles. The molecule has 2 aromatic heterocycles. The van der Waals surface area contributed by atoms with Crippen LogP contribution in [-0.2, 0) is 13.5 Å². The summed E-state index contributed by atoms with van der Waals surface area (Å²) in [6.45, 7) is 0. The minimum absolute atomic E-state index is 0.286. The van der Waals surface area contributed by atoms with Gasteiger partial charge in [0, 0.05) is 37.6 Å². The van der Waals surface area contributed by atoms with Crippen molar-refractivity contribution >= 4 is 0 Å². The Labute approximate surface area is 98.8 Å². The lowest BCUT2D eigenvalue weighted by atomic mass is 10.1. The minimum atomic E-state index is -0.824. The number of rotatable bonds is 4.